The second-order valence-electron chi connectivity index (χ2n) is 5.07. The van der Waals surface area contributed by atoms with Crippen LogP contribution in [0.2, 0.25) is 0 Å². The van der Waals surface area contributed by atoms with E-state index in [0.29, 0.717) is 0 Å². The summed E-state index contributed by atoms with van der Waals surface area (Å²) in [6, 6.07) is 6.20. The second-order valence-corrected chi connectivity index (χ2v) is 5.07. The zero-order chi connectivity index (χ0) is 14.4. The minimum absolute atomic E-state index is 0.269. The topological polar surface area (TPSA) is 48.9 Å². The molecule has 0 fully saturated rings. The Morgan fingerprint density at radius 1 is 1.20 bits per heavy atom. The number of H-pyrrole nitrogens is 1. The third kappa shape index (κ3) is 3.67. The van der Waals surface area contributed by atoms with Gasteiger partial charge in [-0.05, 0) is 30.7 Å². The lowest BCUT2D eigenvalue weighted by atomic mass is 10.00. The van der Waals surface area contributed by atoms with Crippen LogP contribution in [-0.4, -0.2) is 15.3 Å². The van der Waals surface area contributed by atoms with Gasteiger partial charge < -0.3 is 5.11 Å². The van der Waals surface area contributed by atoms with E-state index < -0.39 is 6.10 Å². The fourth-order valence-corrected chi connectivity index (χ4v) is 2.32. The van der Waals surface area contributed by atoms with Gasteiger partial charge in [-0.3, -0.25) is 5.10 Å². The first-order chi connectivity index (χ1) is 9.72. The molecule has 2 N–H and O–H groups in total. The summed E-state index contributed by atoms with van der Waals surface area (Å²) in [5, 5.41) is 17.2. The molecule has 0 radical (unpaired) electrons. The fraction of sp³-hybridized carbons (Fsp3) is 0.438. The minimum Gasteiger partial charge on any atom is -0.388 e. The molecule has 1 heterocycles. The summed E-state index contributed by atoms with van der Waals surface area (Å²) >= 11 is 0. The molecular formula is C16H21FN2O. The number of nitrogens with one attached hydrogen (secondary N) is 1. The molecule has 3 nitrogen and oxygen atoms in total. The molecule has 0 aliphatic heterocycles. The summed E-state index contributed by atoms with van der Waals surface area (Å²) in [4.78, 5) is 0. The van der Waals surface area contributed by atoms with Crippen molar-refractivity contribution < 1.29 is 9.50 Å². The first-order valence-electron chi connectivity index (χ1n) is 7.19. The van der Waals surface area contributed by atoms with Crippen LogP contribution in [0.25, 0.3) is 11.3 Å². The average Bonchev–Trinajstić information content (AvgIpc) is 2.93. The smallest absolute Gasteiger partial charge is 0.123 e. The van der Waals surface area contributed by atoms with E-state index in [0.717, 1.165) is 36.1 Å². The van der Waals surface area contributed by atoms with Crippen molar-refractivity contribution in [2.24, 2.45) is 0 Å². The maximum Gasteiger partial charge on any atom is 0.123 e. The molecule has 0 aliphatic carbocycles. The van der Waals surface area contributed by atoms with Crippen molar-refractivity contribution in [3.05, 3.63) is 41.8 Å². The van der Waals surface area contributed by atoms with Gasteiger partial charge in [-0.25, -0.2) is 4.39 Å². The van der Waals surface area contributed by atoms with Crippen molar-refractivity contribution in [3.63, 3.8) is 0 Å². The molecule has 2 rings (SSSR count). The van der Waals surface area contributed by atoms with Crippen molar-refractivity contribution in [3.8, 4) is 11.3 Å². The third-order valence-corrected chi connectivity index (χ3v) is 3.49. The van der Waals surface area contributed by atoms with Gasteiger partial charge >= 0.3 is 0 Å². The summed E-state index contributed by atoms with van der Waals surface area (Å²) in [5.41, 5.74) is 2.40. The maximum absolute atomic E-state index is 13.0. The number of aliphatic hydroxyl groups excluding tert-OH is 1. The van der Waals surface area contributed by atoms with Gasteiger partial charge in [0.05, 0.1) is 18.0 Å². The molecule has 2 aromatic rings. The second kappa shape index (κ2) is 7.20. The Kier molecular flexibility index (Phi) is 5.30. The van der Waals surface area contributed by atoms with Gasteiger partial charge in [-0.1, -0.05) is 32.6 Å². The SMILES string of the molecule is CCCCCCC(O)c1cn[nH]c1-c1ccc(F)cc1. The summed E-state index contributed by atoms with van der Waals surface area (Å²) in [7, 11) is 0. The molecule has 0 bridgehead atoms. The van der Waals surface area contributed by atoms with Crippen LogP contribution in [0.15, 0.2) is 30.5 Å². The lowest BCUT2D eigenvalue weighted by molar-refractivity contribution is 0.164. The lowest BCUT2D eigenvalue weighted by Crippen LogP contribution is -1.98. The van der Waals surface area contributed by atoms with E-state index in [9.17, 15) is 9.50 Å². The van der Waals surface area contributed by atoms with Crippen LogP contribution in [0.3, 0.4) is 0 Å². The first kappa shape index (κ1) is 14.7. The average molecular weight is 276 g/mol. The maximum atomic E-state index is 13.0. The molecule has 1 atom stereocenters. The molecule has 0 amide bonds. The predicted octanol–water partition coefficient (Wildman–Crippen LogP) is 4.22. The van der Waals surface area contributed by atoms with E-state index in [1.54, 1.807) is 18.3 Å². The number of hydrogen-bond donors (Lipinski definition) is 2. The van der Waals surface area contributed by atoms with E-state index in [1.807, 2.05) is 0 Å². The number of nitrogens with zero attached hydrogens (tertiary/aromatic N) is 1. The Bertz CT molecular complexity index is 522. The molecule has 0 saturated carbocycles. The zero-order valence-corrected chi connectivity index (χ0v) is 11.8. The molecule has 0 spiro atoms. The Morgan fingerprint density at radius 3 is 2.65 bits per heavy atom. The number of halogens is 1. The molecule has 4 heteroatoms. The van der Waals surface area contributed by atoms with Crippen LogP contribution in [0, 0.1) is 5.82 Å². The van der Waals surface area contributed by atoms with Gasteiger partial charge in [-0.2, -0.15) is 5.10 Å². The molecular weight excluding hydrogens is 255 g/mol. The van der Waals surface area contributed by atoms with Gasteiger partial charge in [0.2, 0.25) is 0 Å². The van der Waals surface area contributed by atoms with E-state index in [1.165, 1.54) is 25.0 Å². The molecule has 1 aromatic carbocycles. The summed E-state index contributed by atoms with van der Waals surface area (Å²) < 4.78 is 13.0. The van der Waals surface area contributed by atoms with Crippen LogP contribution in [0.1, 0.15) is 50.7 Å². The number of hydrogen-bond acceptors (Lipinski definition) is 2. The van der Waals surface area contributed by atoms with E-state index in [-0.39, 0.29) is 5.82 Å². The van der Waals surface area contributed by atoms with Crippen LogP contribution >= 0.6 is 0 Å². The minimum atomic E-state index is -0.523. The van der Waals surface area contributed by atoms with Crippen LogP contribution in [0.4, 0.5) is 4.39 Å². The number of unbranched alkanes of at least 4 members (excludes halogenated alkanes) is 3. The van der Waals surface area contributed by atoms with Gasteiger partial charge in [0, 0.05) is 11.1 Å². The van der Waals surface area contributed by atoms with Crippen molar-refractivity contribution >= 4 is 0 Å². The third-order valence-electron chi connectivity index (χ3n) is 3.49. The fourth-order valence-electron chi connectivity index (χ4n) is 2.32. The number of rotatable bonds is 7. The number of aromatic amines is 1. The monoisotopic (exact) mass is 276 g/mol. The highest BCUT2D eigenvalue weighted by molar-refractivity contribution is 5.62. The van der Waals surface area contributed by atoms with Crippen molar-refractivity contribution in [2.45, 2.75) is 45.1 Å². The molecule has 0 saturated heterocycles. The van der Waals surface area contributed by atoms with Gasteiger partial charge in [0.1, 0.15) is 5.82 Å². The molecule has 1 aromatic heterocycles. The normalized spacial score (nSPS) is 12.6. The quantitative estimate of drug-likeness (QED) is 0.744. The van der Waals surface area contributed by atoms with Gasteiger partial charge in [0.15, 0.2) is 0 Å². The van der Waals surface area contributed by atoms with Crippen LogP contribution < -0.4 is 0 Å². The van der Waals surface area contributed by atoms with Crippen molar-refractivity contribution in [2.75, 3.05) is 0 Å². The van der Waals surface area contributed by atoms with E-state index >= 15 is 0 Å². The number of aromatic nitrogens is 2. The lowest BCUT2D eigenvalue weighted by Gasteiger charge is -2.11. The van der Waals surface area contributed by atoms with Crippen LogP contribution in [0.5, 0.6) is 0 Å². The highest BCUT2D eigenvalue weighted by Crippen LogP contribution is 2.29. The molecule has 20 heavy (non-hydrogen) atoms. The van der Waals surface area contributed by atoms with Crippen LogP contribution in [-0.2, 0) is 0 Å². The Labute approximate surface area is 118 Å². The Morgan fingerprint density at radius 2 is 1.95 bits per heavy atom. The highest BCUT2D eigenvalue weighted by atomic mass is 19.1. The van der Waals surface area contributed by atoms with Crippen molar-refractivity contribution in [1.82, 2.24) is 10.2 Å². The van der Waals surface area contributed by atoms with Crippen molar-refractivity contribution in [1.29, 1.82) is 0 Å². The first-order valence-corrected chi connectivity index (χ1v) is 7.19. The number of benzene rings is 1. The van der Waals surface area contributed by atoms with Gasteiger partial charge in [0.25, 0.3) is 0 Å². The molecule has 0 aliphatic rings. The summed E-state index contributed by atoms with van der Waals surface area (Å²) in [5.74, 6) is -0.269. The zero-order valence-electron chi connectivity index (χ0n) is 11.8. The summed E-state index contributed by atoms with van der Waals surface area (Å²) in [6.07, 6.45) is 6.38. The molecule has 1 unspecified atom stereocenters. The Balaban J connectivity index is 2.06. The van der Waals surface area contributed by atoms with Gasteiger partial charge in [-0.15, -0.1) is 0 Å². The Hall–Kier alpha value is -1.68. The summed E-state index contributed by atoms with van der Waals surface area (Å²) in [6.45, 7) is 2.17. The highest BCUT2D eigenvalue weighted by Gasteiger charge is 2.15. The largest absolute Gasteiger partial charge is 0.388 e. The standard InChI is InChI=1S/C16H21FN2O/c1-2-3-4-5-6-15(20)14-11-18-19-16(14)12-7-9-13(17)10-8-12/h7-11,15,20H,2-6H2,1H3,(H,18,19). The molecule has 108 valence electrons. The van der Waals surface area contributed by atoms with E-state index in [4.69, 9.17) is 0 Å². The van der Waals surface area contributed by atoms with E-state index in [2.05, 4.69) is 17.1 Å². The predicted molar refractivity (Wildman–Crippen MR) is 77.7 cm³/mol. The number of aliphatic hydroxyl groups is 1.